The van der Waals surface area contributed by atoms with Crippen molar-refractivity contribution < 1.29 is 25.3 Å². The summed E-state index contributed by atoms with van der Waals surface area (Å²) in [5.74, 6) is -0.580. The van der Waals surface area contributed by atoms with E-state index < -0.39 is 30.1 Å². The van der Waals surface area contributed by atoms with E-state index in [9.17, 15) is 25.3 Å². The molecule has 11 heteroatoms. The second-order valence-corrected chi connectivity index (χ2v) is 13.3. The molecule has 29 heavy (non-hydrogen) atoms. The van der Waals surface area contributed by atoms with E-state index in [-0.39, 0.29) is 23.7 Å². The van der Waals surface area contributed by atoms with Crippen molar-refractivity contribution in [1.29, 1.82) is 0 Å². The molecule has 0 bridgehead atoms. The molecule has 0 fully saturated rings. The molecule has 1 heterocycles. The van der Waals surface area contributed by atoms with Gasteiger partial charge in [-0.2, -0.15) is 3.71 Å². The molecule has 1 aliphatic rings. The van der Waals surface area contributed by atoms with Crippen molar-refractivity contribution in [2.45, 2.75) is 52.4 Å². The molecular weight excluding hydrogens is 436 g/mol. The minimum absolute atomic E-state index is 0.0356. The highest BCUT2D eigenvalue weighted by atomic mass is 32.3. The zero-order valence-corrected chi connectivity index (χ0v) is 19.6. The predicted octanol–water partition coefficient (Wildman–Crippen LogP) is 2.47. The molecule has 0 saturated carbocycles. The Kier molecular flexibility index (Phi) is 7.61. The topological polar surface area (TPSA) is 109 Å². The van der Waals surface area contributed by atoms with Gasteiger partial charge in [-0.15, -0.1) is 0 Å². The minimum Gasteiger partial charge on any atom is -0.270 e. The second-order valence-electron chi connectivity index (χ2n) is 7.29. The monoisotopic (exact) mass is 466 g/mol. The van der Waals surface area contributed by atoms with Crippen molar-refractivity contribution in [3.05, 3.63) is 23.8 Å². The molecule has 0 spiro atoms. The standard InChI is InChI=1S/C18H30N2O6S3/c1-4-6-13-28(23,24)20(29(25,26)14-7-5-2)17-11-10-16-9-8-12-19(18(16)15-17)27(3,21)22/h10-11,15H,4-9,12-14H2,1-3H3. The second kappa shape index (κ2) is 9.22. The molecular formula is C18H30N2O6S3. The van der Waals surface area contributed by atoms with Gasteiger partial charge < -0.3 is 0 Å². The molecule has 0 radical (unpaired) electrons. The average molecular weight is 467 g/mol. The van der Waals surface area contributed by atoms with Crippen LogP contribution in [0.15, 0.2) is 18.2 Å². The highest BCUT2D eigenvalue weighted by molar-refractivity contribution is 8.10. The van der Waals surface area contributed by atoms with E-state index in [2.05, 4.69) is 0 Å². The zero-order valence-electron chi connectivity index (χ0n) is 17.2. The van der Waals surface area contributed by atoms with Crippen LogP contribution < -0.4 is 8.02 Å². The lowest BCUT2D eigenvalue weighted by atomic mass is 10.0. The van der Waals surface area contributed by atoms with Crippen LogP contribution in [0.5, 0.6) is 0 Å². The van der Waals surface area contributed by atoms with Gasteiger partial charge in [0.25, 0.3) is 0 Å². The number of unbranched alkanes of at least 4 members (excludes halogenated alkanes) is 2. The fourth-order valence-corrected chi connectivity index (χ4v) is 8.63. The van der Waals surface area contributed by atoms with E-state index in [1.165, 1.54) is 16.4 Å². The summed E-state index contributed by atoms with van der Waals surface area (Å²) in [6, 6.07) is 4.46. The first-order valence-corrected chi connectivity index (χ1v) is 14.9. The number of benzene rings is 1. The number of fused-ring (bicyclic) bond motifs is 1. The van der Waals surface area contributed by atoms with Gasteiger partial charge in [-0.25, -0.2) is 25.3 Å². The highest BCUT2D eigenvalue weighted by Gasteiger charge is 2.35. The fraction of sp³-hybridized carbons (Fsp3) is 0.667. The molecule has 0 amide bonds. The quantitative estimate of drug-likeness (QED) is 0.524. The molecule has 8 nitrogen and oxygen atoms in total. The summed E-state index contributed by atoms with van der Waals surface area (Å²) in [6.07, 6.45) is 4.26. The lowest BCUT2D eigenvalue weighted by Gasteiger charge is -2.31. The van der Waals surface area contributed by atoms with Crippen LogP contribution in [0.1, 0.15) is 51.5 Å². The van der Waals surface area contributed by atoms with Crippen molar-refractivity contribution in [1.82, 2.24) is 0 Å². The van der Waals surface area contributed by atoms with Gasteiger partial charge in [-0.1, -0.05) is 32.8 Å². The zero-order chi connectivity index (χ0) is 21.9. The van der Waals surface area contributed by atoms with Crippen LogP contribution in [-0.2, 0) is 36.5 Å². The van der Waals surface area contributed by atoms with Crippen LogP contribution in [-0.4, -0.2) is 49.6 Å². The normalized spacial score (nSPS) is 15.2. The molecule has 1 aliphatic heterocycles. The highest BCUT2D eigenvalue weighted by Crippen LogP contribution is 2.35. The van der Waals surface area contributed by atoms with Gasteiger partial charge in [-0.3, -0.25) is 4.31 Å². The number of rotatable bonds is 10. The van der Waals surface area contributed by atoms with Crippen molar-refractivity contribution in [3.63, 3.8) is 0 Å². The van der Waals surface area contributed by atoms with Crippen molar-refractivity contribution in [3.8, 4) is 0 Å². The molecule has 0 atom stereocenters. The van der Waals surface area contributed by atoms with Crippen LogP contribution in [0.25, 0.3) is 0 Å². The van der Waals surface area contributed by atoms with Crippen LogP contribution in [0, 0.1) is 0 Å². The number of hydrogen-bond donors (Lipinski definition) is 0. The smallest absolute Gasteiger partial charge is 0.248 e. The summed E-state index contributed by atoms with van der Waals surface area (Å²) < 4.78 is 77.9. The Morgan fingerprint density at radius 3 is 1.97 bits per heavy atom. The summed E-state index contributed by atoms with van der Waals surface area (Å²) in [5, 5.41) is 0. The van der Waals surface area contributed by atoms with Gasteiger partial charge in [-0.05, 0) is 43.4 Å². The molecule has 0 N–H and O–H groups in total. The van der Waals surface area contributed by atoms with Crippen LogP contribution in [0.2, 0.25) is 0 Å². The van der Waals surface area contributed by atoms with Crippen LogP contribution in [0.4, 0.5) is 11.4 Å². The maximum absolute atomic E-state index is 13.0. The van der Waals surface area contributed by atoms with Gasteiger partial charge >= 0.3 is 0 Å². The van der Waals surface area contributed by atoms with E-state index in [1.807, 2.05) is 13.8 Å². The minimum atomic E-state index is -4.13. The maximum atomic E-state index is 13.0. The third-order valence-corrected chi connectivity index (χ3v) is 10.4. The predicted molar refractivity (Wildman–Crippen MR) is 117 cm³/mol. The molecule has 1 aromatic rings. The molecule has 0 aliphatic carbocycles. The Morgan fingerprint density at radius 2 is 1.48 bits per heavy atom. The lowest BCUT2D eigenvalue weighted by molar-refractivity contribution is 0.580. The number of hydrogen-bond acceptors (Lipinski definition) is 6. The summed E-state index contributed by atoms with van der Waals surface area (Å²) >= 11 is 0. The van der Waals surface area contributed by atoms with Crippen molar-refractivity contribution in [2.24, 2.45) is 0 Å². The van der Waals surface area contributed by atoms with E-state index in [4.69, 9.17) is 0 Å². The van der Waals surface area contributed by atoms with Crippen LogP contribution >= 0.6 is 0 Å². The summed E-state index contributed by atoms with van der Waals surface area (Å²) in [4.78, 5) is 0. The number of aryl methyl sites for hydroxylation is 1. The Balaban J connectivity index is 2.63. The molecule has 166 valence electrons. The number of sulfonamides is 3. The van der Waals surface area contributed by atoms with Crippen molar-refractivity contribution in [2.75, 3.05) is 32.3 Å². The Bertz CT molecular complexity index is 995. The lowest BCUT2D eigenvalue weighted by Crippen LogP contribution is -2.40. The third-order valence-electron chi connectivity index (χ3n) is 4.77. The van der Waals surface area contributed by atoms with Crippen molar-refractivity contribution >= 4 is 41.4 Å². The molecule has 0 saturated heterocycles. The van der Waals surface area contributed by atoms with E-state index >= 15 is 0 Å². The van der Waals surface area contributed by atoms with E-state index in [1.54, 1.807) is 6.07 Å². The van der Waals surface area contributed by atoms with Gasteiger partial charge in [0.2, 0.25) is 30.1 Å². The SMILES string of the molecule is CCCCS(=O)(=O)N(c1ccc2c(c1)N(S(C)(=O)=O)CCC2)S(=O)(=O)CCCC. The Hall–Kier alpha value is -1.33. The number of anilines is 2. The molecule has 1 aromatic carbocycles. The fourth-order valence-electron chi connectivity index (χ4n) is 3.30. The Labute approximate surface area is 175 Å². The van der Waals surface area contributed by atoms with E-state index in [0.29, 0.717) is 47.9 Å². The van der Waals surface area contributed by atoms with Gasteiger partial charge in [0.15, 0.2) is 0 Å². The molecule has 0 aromatic heterocycles. The number of nitrogens with zero attached hydrogens (tertiary/aromatic N) is 2. The van der Waals surface area contributed by atoms with Gasteiger partial charge in [0.1, 0.15) is 0 Å². The first-order valence-electron chi connectivity index (χ1n) is 9.80. The first-order chi connectivity index (χ1) is 13.4. The largest absolute Gasteiger partial charge is 0.270 e. The Morgan fingerprint density at radius 1 is 0.931 bits per heavy atom. The summed E-state index contributed by atoms with van der Waals surface area (Å²) in [6.45, 7) is 3.93. The first kappa shape index (κ1) is 23.9. The van der Waals surface area contributed by atoms with Crippen LogP contribution in [0.3, 0.4) is 0 Å². The van der Waals surface area contributed by atoms with Gasteiger partial charge in [0, 0.05) is 6.54 Å². The summed E-state index contributed by atoms with van der Waals surface area (Å²) in [5.41, 5.74) is 1.06. The molecule has 0 unspecified atom stereocenters. The third kappa shape index (κ3) is 5.64. The summed E-state index contributed by atoms with van der Waals surface area (Å²) in [7, 11) is -11.8. The van der Waals surface area contributed by atoms with Gasteiger partial charge in [0.05, 0.1) is 29.1 Å². The maximum Gasteiger partial charge on any atom is 0.248 e. The molecule has 2 rings (SSSR count). The average Bonchev–Trinajstić information content (AvgIpc) is 2.63. The van der Waals surface area contributed by atoms with E-state index in [0.717, 1.165) is 11.8 Å².